The molecule has 0 aromatic heterocycles. The van der Waals surface area contributed by atoms with Crippen molar-refractivity contribution in [1.82, 2.24) is 0 Å². The van der Waals surface area contributed by atoms with Gasteiger partial charge in [-0.1, -0.05) is 19.3 Å². The van der Waals surface area contributed by atoms with E-state index >= 15 is 0 Å². The molecule has 0 bridgehead atoms. The summed E-state index contributed by atoms with van der Waals surface area (Å²) in [6, 6.07) is 0. The number of hydrogen-bond donors (Lipinski definition) is 0. The molecule has 0 aliphatic heterocycles. The van der Waals surface area contributed by atoms with Crippen molar-refractivity contribution in [2.45, 2.75) is 45.6 Å². The largest absolute Gasteiger partial charge is 0.371 e. The minimum atomic E-state index is -0.204. The highest BCUT2D eigenvalue weighted by molar-refractivity contribution is 5.79. The molecule has 0 radical (unpaired) electrons. The van der Waals surface area contributed by atoms with Crippen molar-refractivity contribution in [2.24, 2.45) is 5.92 Å². The molecule has 0 amide bonds. The monoisotopic (exact) mass is 170 g/mol. The van der Waals surface area contributed by atoms with Crippen molar-refractivity contribution in [2.75, 3.05) is 6.61 Å². The van der Waals surface area contributed by atoms with E-state index in [1.807, 2.05) is 6.92 Å². The van der Waals surface area contributed by atoms with Gasteiger partial charge in [-0.15, -0.1) is 0 Å². The molecule has 1 fully saturated rings. The quantitative estimate of drug-likeness (QED) is 0.632. The van der Waals surface area contributed by atoms with E-state index < -0.39 is 0 Å². The van der Waals surface area contributed by atoms with E-state index in [4.69, 9.17) is 4.74 Å². The number of rotatable bonds is 5. The Labute approximate surface area is 74.3 Å². The van der Waals surface area contributed by atoms with Crippen LogP contribution in [-0.2, 0) is 9.53 Å². The molecule has 1 atom stereocenters. The number of carbonyl (C=O) groups is 1. The summed E-state index contributed by atoms with van der Waals surface area (Å²) < 4.78 is 5.36. The number of ether oxygens (including phenoxy) is 1. The molecule has 0 aromatic rings. The predicted octanol–water partition coefficient (Wildman–Crippen LogP) is 2.17. The molecule has 1 aliphatic rings. The molecular weight excluding hydrogens is 152 g/mol. The van der Waals surface area contributed by atoms with Crippen molar-refractivity contribution in [3.8, 4) is 0 Å². The number of ketones is 1. The molecule has 0 spiro atoms. The standard InChI is InChI=1S/C10H18O2/c1-8(11)9(2)12-7-6-10-4-3-5-10/h9-10H,3-7H2,1-2H3. The third kappa shape index (κ3) is 2.94. The lowest BCUT2D eigenvalue weighted by molar-refractivity contribution is -0.127. The molecule has 1 rings (SSSR count). The van der Waals surface area contributed by atoms with Gasteiger partial charge in [-0.05, 0) is 26.2 Å². The Balaban J connectivity index is 1.97. The van der Waals surface area contributed by atoms with E-state index in [0.717, 1.165) is 18.9 Å². The molecule has 70 valence electrons. The predicted molar refractivity (Wildman–Crippen MR) is 48.1 cm³/mol. The molecule has 2 heteroatoms. The molecule has 2 nitrogen and oxygen atoms in total. The highest BCUT2D eigenvalue weighted by Crippen LogP contribution is 2.29. The van der Waals surface area contributed by atoms with Gasteiger partial charge < -0.3 is 4.74 Å². The second-order valence-electron chi connectivity index (χ2n) is 3.71. The molecule has 1 aliphatic carbocycles. The Bertz CT molecular complexity index is 150. The first-order valence-electron chi connectivity index (χ1n) is 4.82. The van der Waals surface area contributed by atoms with Gasteiger partial charge in [0.2, 0.25) is 0 Å². The zero-order valence-corrected chi connectivity index (χ0v) is 8.01. The summed E-state index contributed by atoms with van der Waals surface area (Å²) in [7, 11) is 0. The molecule has 0 aromatic carbocycles. The third-order valence-corrected chi connectivity index (χ3v) is 2.69. The van der Waals surface area contributed by atoms with E-state index in [1.54, 1.807) is 6.92 Å². The van der Waals surface area contributed by atoms with Gasteiger partial charge in [0.05, 0.1) is 0 Å². The molecule has 0 heterocycles. The lowest BCUT2D eigenvalue weighted by Gasteiger charge is -2.25. The average molecular weight is 170 g/mol. The minimum Gasteiger partial charge on any atom is -0.371 e. The van der Waals surface area contributed by atoms with Gasteiger partial charge in [0.25, 0.3) is 0 Å². The Morgan fingerprint density at radius 1 is 1.58 bits per heavy atom. The van der Waals surface area contributed by atoms with Gasteiger partial charge in [0, 0.05) is 6.61 Å². The zero-order valence-electron chi connectivity index (χ0n) is 8.01. The SMILES string of the molecule is CC(=O)C(C)OCCC1CCC1. The Morgan fingerprint density at radius 2 is 2.25 bits per heavy atom. The van der Waals surface area contributed by atoms with E-state index in [1.165, 1.54) is 19.3 Å². The maximum atomic E-state index is 10.8. The van der Waals surface area contributed by atoms with E-state index in [0.29, 0.717) is 0 Å². The molecule has 0 N–H and O–H groups in total. The van der Waals surface area contributed by atoms with Crippen LogP contribution in [0.15, 0.2) is 0 Å². The van der Waals surface area contributed by atoms with Crippen LogP contribution in [0.2, 0.25) is 0 Å². The van der Waals surface area contributed by atoms with Gasteiger partial charge in [0.15, 0.2) is 5.78 Å². The summed E-state index contributed by atoms with van der Waals surface area (Å²) in [5.74, 6) is 1.01. The number of hydrogen-bond acceptors (Lipinski definition) is 2. The van der Waals surface area contributed by atoms with Crippen molar-refractivity contribution < 1.29 is 9.53 Å². The molecule has 0 saturated heterocycles. The molecular formula is C10H18O2. The summed E-state index contributed by atoms with van der Waals surface area (Å²) in [5, 5.41) is 0. The zero-order chi connectivity index (χ0) is 8.97. The van der Waals surface area contributed by atoms with E-state index in [2.05, 4.69) is 0 Å². The van der Waals surface area contributed by atoms with Crippen LogP contribution in [0.25, 0.3) is 0 Å². The van der Waals surface area contributed by atoms with Crippen LogP contribution in [0.5, 0.6) is 0 Å². The van der Waals surface area contributed by atoms with Crippen LogP contribution >= 0.6 is 0 Å². The van der Waals surface area contributed by atoms with Gasteiger partial charge in [-0.3, -0.25) is 4.79 Å². The topological polar surface area (TPSA) is 26.3 Å². The smallest absolute Gasteiger partial charge is 0.158 e. The van der Waals surface area contributed by atoms with Gasteiger partial charge in [-0.25, -0.2) is 0 Å². The summed E-state index contributed by atoms with van der Waals surface area (Å²) >= 11 is 0. The molecule has 1 saturated carbocycles. The van der Waals surface area contributed by atoms with Crippen LogP contribution in [0.1, 0.15) is 39.5 Å². The number of Topliss-reactive ketones (excluding diaryl/α,β-unsaturated/α-hetero) is 1. The average Bonchev–Trinajstić information content (AvgIpc) is 1.93. The van der Waals surface area contributed by atoms with Crippen LogP contribution in [0, 0.1) is 5.92 Å². The summed E-state index contributed by atoms with van der Waals surface area (Å²) in [6.07, 6.45) is 5.03. The summed E-state index contributed by atoms with van der Waals surface area (Å²) in [4.78, 5) is 10.8. The Hall–Kier alpha value is -0.370. The van der Waals surface area contributed by atoms with Crippen molar-refractivity contribution in [3.63, 3.8) is 0 Å². The fourth-order valence-corrected chi connectivity index (χ4v) is 1.31. The maximum Gasteiger partial charge on any atom is 0.158 e. The van der Waals surface area contributed by atoms with Gasteiger partial charge in [-0.2, -0.15) is 0 Å². The minimum absolute atomic E-state index is 0.128. The Kier molecular flexibility index (Phi) is 3.73. The lowest BCUT2D eigenvalue weighted by atomic mass is 9.83. The van der Waals surface area contributed by atoms with E-state index in [9.17, 15) is 4.79 Å². The fourth-order valence-electron chi connectivity index (χ4n) is 1.31. The van der Waals surface area contributed by atoms with E-state index in [-0.39, 0.29) is 11.9 Å². The van der Waals surface area contributed by atoms with Crippen LogP contribution in [0.4, 0.5) is 0 Å². The second kappa shape index (κ2) is 4.61. The lowest BCUT2D eigenvalue weighted by Crippen LogP contribution is -2.20. The molecule has 12 heavy (non-hydrogen) atoms. The first kappa shape index (κ1) is 9.72. The van der Waals surface area contributed by atoms with Gasteiger partial charge in [0.1, 0.15) is 6.10 Å². The van der Waals surface area contributed by atoms with Crippen LogP contribution in [-0.4, -0.2) is 18.5 Å². The number of carbonyl (C=O) groups excluding carboxylic acids is 1. The van der Waals surface area contributed by atoms with Crippen molar-refractivity contribution in [3.05, 3.63) is 0 Å². The van der Waals surface area contributed by atoms with Crippen LogP contribution < -0.4 is 0 Å². The van der Waals surface area contributed by atoms with Crippen LogP contribution in [0.3, 0.4) is 0 Å². The first-order chi connectivity index (χ1) is 5.70. The third-order valence-electron chi connectivity index (χ3n) is 2.69. The highest BCUT2D eigenvalue weighted by atomic mass is 16.5. The van der Waals surface area contributed by atoms with Crippen molar-refractivity contribution in [1.29, 1.82) is 0 Å². The second-order valence-corrected chi connectivity index (χ2v) is 3.71. The summed E-state index contributed by atoms with van der Waals surface area (Å²) in [5.41, 5.74) is 0. The fraction of sp³-hybridized carbons (Fsp3) is 0.900. The molecule has 1 unspecified atom stereocenters. The first-order valence-corrected chi connectivity index (χ1v) is 4.82. The maximum absolute atomic E-state index is 10.8. The highest BCUT2D eigenvalue weighted by Gasteiger charge is 2.17. The normalized spacial score (nSPS) is 20.2. The van der Waals surface area contributed by atoms with Crippen molar-refractivity contribution >= 4 is 5.78 Å². The Morgan fingerprint density at radius 3 is 2.67 bits per heavy atom. The summed E-state index contributed by atoms with van der Waals surface area (Å²) in [6.45, 7) is 4.16. The van der Waals surface area contributed by atoms with Gasteiger partial charge >= 0.3 is 0 Å².